The SMILES string of the molecule is C=CCNC(=S)NCc1csc(C)n1. The summed E-state index contributed by atoms with van der Waals surface area (Å²) in [5.74, 6) is 0. The van der Waals surface area contributed by atoms with Crippen LogP contribution >= 0.6 is 23.6 Å². The average molecular weight is 227 g/mol. The number of nitrogens with one attached hydrogen (secondary N) is 2. The standard InChI is InChI=1S/C9H13N3S2/c1-3-4-10-9(13)11-5-8-6-14-7(2)12-8/h3,6H,1,4-5H2,2H3,(H2,10,11,13). The molecule has 0 saturated heterocycles. The van der Waals surface area contributed by atoms with Gasteiger partial charge in [-0.25, -0.2) is 4.98 Å². The van der Waals surface area contributed by atoms with Crippen molar-refractivity contribution in [1.29, 1.82) is 0 Å². The first kappa shape index (κ1) is 11.1. The van der Waals surface area contributed by atoms with E-state index in [-0.39, 0.29) is 0 Å². The monoisotopic (exact) mass is 227 g/mol. The highest BCUT2D eigenvalue weighted by molar-refractivity contribution is 7.80. The smallest absolute Gasteiger partial charge is 0.166 e. The van der Waals surface area contributed by atoms with E-state index in [2.05, 4.69) is 22.2 Å². The van der Waals surface area contributed by atoms with Crippen LogP contribution in [0.4, 0.5) is 0 Å². The lowest BCUT2D eigenvalue weighted by atomic mass is 10.5. The molecule has 3 nitrogen and oxygen atoms in total. The Morgan fingerprint density at radius 2 is 2.50 bits per heavy atom. The van der Waals surface area contributed by atoms with Crippen molar-refractivity contribution in [3.63, 3.8) is 0 Å². The highest BCUT2D eigenvalue weighted by Crippen LogP contribution is 2.06. The van der Waals surface area contributed by atoms with Gasteiger partial charge in [0, 0.05) is 11.9 Å². The summed E-state index contributed by atoms with van der Waals surface area (Å²) in [5.41, 5.74) is 1.02. The van der Waals surface area contributed by atoms with Gasteiger partial charge in [0.15, 0.2) is 5.11 Å². The van der Waals surface area contributed by atoms with E-state index in [0.29, 0.717) is 18.2 Å². The van der Waals surface area contributed by atoms with E-state index in [4.69, 9.17) is 12.2 Å². The predicted octanol–water partition coefficient (Wildman–Crippen LogP) is 1.60. The Morgan fingerprint density at radius 1 is 1.71 bits per heavy atom. The molecule has 0 aliphatic heterocycles. The molecular formula is C9H13N3S2. The molecule has 76 valence electrons. The molecule has 1 aromatic rings. The molecule has 0 unspecified atom stereocenters. The van der Waals surface area contributed by atoms with Crippen molar-refractivity contribution in [2.24, 2.45) is 0 Å². The highest BCUT2D eigenvalue weighted by atomic mass is 32.1. The van der Waals surface area contributed by atoms with Crippen LogP contribution in [0.5, 0.6) is 0 Å². The quantitative estimate of drug-likeness (QED) is 0.605. The van der Waals surface area contributed by atoms with Crippen LogP contribution in [-0.2, 0) is 6.54 Å². The largest absolute Gasteiger partial charge is 0.359 e. The van der Waals surface area contributed by atoms with Crippen molar-refractivity contribution < 1.29 is 0 Å². The number of thiocarbonyl (C=S) groups is 1. The first-order valence-corrected chi connectivity index (χ1v) is 5.54. The summed E-state index contributed by atoms with van der Waals surface area (Å²) >= 11 is 6.67. The van der Waals surface area contributed by atoms with E-state index in [1.807, 2.05) is 12.3 Å². The number of aryl methyl sites for hydroxylation is 1. The topological polar surface area (TPSA) is 37.0 Å². The number of hydrogen-bond donors (Lipinski definition) is 2. The molecule has 0 saturated carbocycles. The third-order valence-electron chi connectivity index (χ3n) is 1.50. The lowest BCUT2D eigenvalue weighted by molar-refractivity contribution is 0.848. The summed E-state index contributed by atoms with van der Waals surface area (Å²) < 4.78 is 0. The fourth-order valence-corrected chi connectivity index (χ4v) is 1.66. The molecule has 1 heterocycles. The lowest BCUT2D eigenvalue weighted by Gasteiger charge is -2.06. The Kier molecular flexibility index (Phi) is 4.55. The molecule has 0 amide bonds. The summed E-state index contributed by atoms with van der Waals surface area (Å²) in [6.07, 6.45) is 1.76. The molecule has 0 fully saturated rings. The second-order valence-electron chi connectivity index (χ2n) is 2.71. The molecule has 0 spiro atoms. The maximum absolute atomic E-state index is 5.03. The van der Waals surface area contributed by atoms with Crippen LogP contribution in [0.1, 0.15) is 10.7 Å². The number of rotatable bonds is 4. The van der Waals surface area contributed by atoms with Crippen molar-refractivity contribution in [3.8, 4) is 0 Å². The van der Waals surface area contributed by atoms with Crippen LogP contribution in [0.2, 0.25) is 0 Å². The van der Waals surface area contributed by atoms with Gasteiger partial charge in [0.05, 0.1) is 17.2 Å². The van der Waals surface area contributed by atoms with Crippen LogP contribution < -0.4 is 10.6 Å². The maximum Gasteiger partial charge on any atom is 0.166 e. The second kappa shape index (κ2) is 5.72. The Morgan fingerprint density at radius 3 is 3.07 bits per heavy atom. The number of hydrogen-bond acceptors (Lipinski definition) is 3. The molecule has 0 aromatic carbocycles. The second-order valence-corrected chi connectivity index (χ2v) is 4.18. The maximum atomic E-state index is 5.03. The Hall–Kier alpha value is -0.940. The van der Waals surface area contributed by atoms with E-state index in [1.165, 1.54) is 0 Å². The summed E-state index contributed by atoms with van der Waals surface area (Å²) in [4.78, 5) is 4.31. The van der Waals surface area contributed by atoms with Gasteiger partial charge >= 0.3 is 0 Å². The van der Waals surface area contributed by atoms with E-state index in [1.54, 1.807) is 17.4 Å². The normalized spacial score (nSPS) is 9.50. The molecule has 0 bridgehead atoms. The molecule has 1 aromatic heterocycles. The van der Waals surface area contributed by atoms with Gasteiger partial charge in [0.25, 0.3) is 0 Å². The zero-order valence-corrected chi connectivity index (χ0v) is 9.67. The van der Waals surface area contributed by atoms with Gasteiger partial charge in [0.2, 0.25) is 0 Å². The van der Waals surface area contributed by atoms with Crippen LogP contribution in [0, 0.1) is 6.92 Å². The van der Waals surface area contributed by atoms with E-state index in [0.717, 1.165) is 10.7 Å². The third kappa shape index (κ3) is 3.85. The molecule has 0 radical (unpaired) electrons. The van der Waals surface area contributed by atoms with Crippen LogP contribution in [0.3, 0.4) is 0 Å². The van der Waals surface area contributed by atoms with Crippen molar-refractivity contribution in [3.05, 3.63) is 28.7 Å². The fourth-order valence-electron chi connectivity index (χ4n) is 0.888. The van der Waals surface area contributed by atoms with Gasteiger partial charge in [-0.05, 0) is 19.1 Å². The Balaban J connectivity index is 2.26. The minimum absolute atomic E-state index is 0.635. The Labute approximate surface area is 93.2 Å². The van der Waals surface area contributed by atoms with Gasteiger partial charge in [-0.15, -0.1) is 17.9 Å². The summed E-state index contributed by atoms with van der Waals surface area (Å²) in [6, 6.07) is 0. The van der Waals surface area contributed by atoms with Crippen molar-refractivity contribution in [2.45, 2.75) is 13.5 Å². The minimum atomic E-state index is 0.635. The van der Waals surface area contributed by atoms with Gasteiger partial charge in [0.1, 0.15) is 0 Å². The fraction of sp³-hybridized carbons (Fsp3) is 0.333. The van der Waals surface area contributed by atoms with Crippen LogP contribution in [0.15, 0.2) is 18.0 Å². The molecule has 5 heteroatoms. The Bertz CT molecular complexity index is 320. The molecule has 1 rings (SSSR count). The van der Waals surface area contributed by atoms with E-state index in [9.17, 15) is 0 Å². The third-order valence-corrected chi connectivity index (χ3v) is 2.61. The number of nitrogens with zero attached hydrogens (tertiary/aromatic N) is 1. The molecular weight excluding hydrogens is 214 g/mol. The lowest BCUT2D eigenvalue weighted by Crippen LogP contribution is -2.34. The minimum Gasteiger partial charge on any atom is -0.359 e. The van der Waals surface area contributed by atoms with Gasteiger partial charge in [-0.3, -0.25) is 0 Å². The highest BCUT2D eigenvalue weighted by Gasteiger charge is 1.98. The molecule has 14 heavy (non-hydrogen) atoms. The number of thiazole rings is 1. The summed E-state index contributed by atoms with van der Waals surface area (Å²) in [6.45, 7) is 6.94. The van der Waals surface area contributed by atoms with Crippen LogP contribution in [0.25, 0.3) is 0 Å². The molecule has 0 atom stereocenters. The summed E-state index contributed by atoms with van der Waals surface area (Å²) in [5, 5.41) is 9.79. The van der Waals surface area contributed by atoms with Crippen LogP contribution in [-0.4, -0.2) is 16.6 Å². The molecule has 0 aliphatic rings. The first-order chi connectivity index (χ1) is 6.72. The van der Waals surface area contributed by atoms with E-state index >= 15 is 0 Å². The van der Waals surface area contributed by atoms with Gasteiger partial charge < -0.3 is 10.6 Å². The summed E-state index contributed by atoms with van der Waals surface area (Å²) in [7, 11) is 0. The van der Waals surface area contributed by atoms with Crippen molar-refractivity contribution in [1.82, 2.24) is 15.6 Å². The average Bonchev–Trinajstić information content (AvgIpc) is 2.58. The zero-order chi connectivity index (χ0) is 10.4. The molecule has 0 aliphatic carbocycles. The van der Waals surface area contributed by atoms with Gasteiger partial charge in [-0.1, -0.05) is 6.08 Å². The van der Waals surface area contributed by atoms with Crippen molar-refractivity contribution in [2.75, 3.05) is 6.54 Å². The zero-order valence-electron chi connectivity index (χ0n) is 8.04. The predicted molar refractivity (Wildman–Crippen MR) is 64.5 cm³/mol. The van der Waals surface area contributed by atoms with E-state index < -0.39 is 0 Å². The number of aromatic nitrogens is 1. The first-order valence-electron chi connectivity index (χ1n) is 4.26. The van der Waals surface area contributed by atoms with Gasteiger partial charge in [-0.2, -0.15) is 0 Å². The molecule has 2 N–H and O–H groups in total. The van der Waals surface area contributed by atoms with Crippen molar-refractivity contribution >= 4 is 28.7 Å².